The van der Waals surface area contributed by atoms with E-state index in [4.69, 9.17) is 0 Å². The van der Waals surface area contributed by atoms with Crippen molar-refractivity contribution in [2.24, 2.45) is 0 Å². The van der Waals surface area contributed by atoms with Crippen molar-refractivity contribution in [1.29, 1.82) is 0 Å². The Morgan fingerprint density at radius 2 is 1.40 bits per heavy atom. The topological polar surface area (TPSA) is 49.4 Å². The van der Waals surface area contributed by atoms with Crippen LogP contribution in [0.25, 0.3) is 5.57 Å². The van der Waals surface area contributed by atoms with Gasteiger partial charge in [0.25, 0.3) is 10.0 Å². The van der Waals surface area contributed by atoms with Crippen molar-refractivity contribution in [3.63, 3.8) is 0 Å². The maximum atomic E-state index is 12.8. The van der Waals surface area contributed by atoms with Crippen molar-refractivity contribution in [3.8, 4) is 0 Å². The van der Waals surface area contributed by atoms with Gasteiger partial charge in [0.1, 0.15) is 0 Å². The molecule has 5 heteroatoms. The van der Waals surface area contributed by atoms with Crippen LogP contribution in [0.3, 0.4) is 0 Å². The average molecular weight is 421 g/mol. The molecule has 0 atom stereocenters. The van der Waals surface area contributed by atoms with Crippen molar-refractivity contribution in [2.75, 3.05) is 18.0 Å². The van der Waals surface area contributed by atoms with Gasteiger partial charge in [-0.25, -0.2) is 8.42 Å². The lowest BCUT2D eigenvalue weighted by atomic mass is 9.98. The number of hydrogen-bond donors (Lipinski definition) is 1. The van der Waals surface area contributed by atoms with Crippen LogP contribution in [0, 0.1) is 6.92 Å². The Morgan fingerprint density at radius 1 is 0.833 bits per heavy atom. The molecule has 0 bridgehead atoms. The van der Waals surface area contributed by atoms with Crippen LogP contribution >= 0.6 is 0 Å². The molecule has 0 radical (unpaired) electrons. The fourth-order valence-electron chi connectivity index (χ4n) is 3.31. The zero-order valence-corrected chi connectivity index (χ0v) is 18.5. The Hall–Kier alpha value is -3.05. The molecule has 0 spiro atoms. The number of benzene rings is 3. The highest BCUT2D eigenvalue weighted by molar-refractivity contribution is 7.89. The number of nitrogens with one attached hydrogen (secondary N) is 1. The molecular formula is C25H28N2O2S. The predicted molar refractivity (Wildman–Crippen MR) is 125 cm³/mol. The Balaban J connectivity index is 1.96. The smallest absolute Gasteiger partial charge is 0.261 e. The van der Waals surface area contributed by atoms with Gasteiger partial charge >= 0.3 is 0 Å². The van der Waals surface area contributed by atoms with E-state index in [1.807, 2.05) is 49.4 Å². The van der Waals surface area contributed by atoms with E-state index in [0.29, 0.717) is 0 Å². The van der Waals surface area contributed by atoms with Crippen molar-refractivity contribution in [3.05, 3.63) is 102 Å². The molecule has 0 heterocycles. The summed E-state index contributed by atoms with van der Waals surface area (Å²) in [5.74, 6) is 0. The summed E-state index contributed by atoms with van der Waals surface area (Å²) in [5, 5.41) is 0. The summed E-state index contributed by atoms with van der Waals surface area (Å²) in [5.41, 5.74) is 4.87. The first-order valence-electron chi connectivity index (χ1n) is 10.1. The van der Waals surface area contributed by atoms with Crippen LogP contribution in [0.1, 0.15) is 30.5 Å². The van der Waals surface area contributed by atoms with Crippen LogP contribution in [-0.4, -0.2) is 21.5 Å². The molecule has 30 heavy (non-hydrogen) atoms. The minimum absolute atomic E-state index is 0.244. The molecule has 3 aromatic rings. The Labute approximate surface area is 179 Å². The third-order valence-corrected chi connectivity index (χ3v) is 6.40. The molecular weight excluding hydrogens is 392 g/mol. The summed E-state index contributed by atoms with van der Waals surface area (Å²) >= 11 is 0. The van der Waals surface area contributed by atoms with Gasteiger partial charge in [-0.1, -0.05) is 60.2 Å². The number of hydrogen-bond acceptors (Lipinski definition) is 3. The van der Waals surface area contributed by atoms with Crippen LogP contribution in [-0.2, 0) is 10.0 Å². The number of rotatable bonds is 8. The monoisotopic (exact) mass is 420 g/mol. The standard InChI is InChI=1S/C25H28N2O2S/c1-4-27(5-2)23-15-13-22(14-16-23)25(21-9-7-6-8-10-21)19-26-30(28,29)24-17-11-20(3)12-18-24/h6-19,26H,4-5H2,1-3H3/b25-19+. The second kappa shape index (κ2) is 9.63. The minimum Gasteiger partial charge on any atom is -0.372 e. The van der Waals surface area contributed by atoms with Crippen molar-refractivity contribution in [2.45, 2.75) is 25.7 Å². The summed E-state index contributed by atoms with van der Waals surface area (Å²) in [7, 11) is -3.65. The zero-order valence-electron chi connectivity index (χ0n) is 17.7. The molecule has 0 amide bonds. The average Bonchev–Trinajstić information content (AvgIpc) is 2.77. The highest BCUT2D eigenvalue weighted by Crippen LogP contribution is 2.26. The molecule has 0 saturated carbocycles. The molecule has 3 rings (SSSR count). The van der Waals surface area contributed by atoms with Gasteiger partial charge in [0.2, 0.25) is 0 Å². The van der Waals surface area contributed by atoms with Crippen LogP contribution in [0.5, 0.6) is 0 Å². The Kier molecular flexibility index (Phi) is 6.95. The summed E-state index contributed by atoms with van der Waals surface area (Å²) in [6.07, 6.45) is 1.58. The summed E-state index contributed by atoms with van der Waals surface area (Å²) in [4.78, 5) is 2.52. The van der Waals surface area contributed by atoms with Gasteiger partial charge in [-0.2, -0.15) is 0 Å². The van der Waals surface area contributed by atoms with E-state index in [1.54, 1.807) is 30.5 Å². The van der Waals surface area contributed by atoms with Gasteiger partial charge in [0, 0.05) is 30.5 Å². The van der Waals surface area contributed by atoms with Crippen LogP contribution < -0.4 is 9.62 Å². The number of aryl methyl sites for hydroxylation is 1. The third kappa shape index (κ3) is 5.10. The molecule has 0 aliphatic rings. The molecule has 0 saturated heterocycles. The summed E-state index contributed by atoms with van der Waals surface area (Å²) in [6, 6.07) is 24.8. The maximum absolute atomic E-state index is 12.8. The second-order valence-electron chi connectivity index (χ2n) is 7.08. The first-order chi connectivity index (χ1) is 14.4. The molecule has 1 N–H and O–H groups in total. The van der Waals surface area contributed by atoms with Gasteiger partial charge in [-0.05, 0) is 56.2 Å². The molecule has 0 aliphatic carbocycles. The van der Waals surface area contributed by atoms with E-state index < -0.39 is 10.0 Å². The highest BCUT2D eigenvalue weighted by Gasteiger charge is 2.13. The van der Waals surface area contributed by atoms with Gasteiger partial charge in [0.15, 0.2) is 0 Å². The lowest BCUT2D eigenvalue weighted by molar-refractivity contribution is 0.590. The molecule has 0 aliphatic heterocycles. The normalized spacial score (nSPS) is 11.9. The zero-order chi connectivity index (χ0) is 21.6. The summed E-state index contributed by atoms with van der Waals surface area (Å²) < 4.78 is 28.2. The number of anilines is 1. The van der Waals surface area contributed by atoms with E-state index in [-0.39, 0.29) is 4.90 Å². The van der Waals surface area contributed by atoms with Gasteiger partial charge < -0.3 is 4.90 Å². The van der Waals surface area contributed by atoms with E-state index in [9.17, 15) is 8.42 Å². The molecule has 4 nitrogen and oxygen atoms in total. The van der Waals surface area contributed by atoms with Gasteiger partial charge in [-0.15, -0.1) is 0 Å². The quantitative estimate of drug-likeness (QED) is 0.544. The lowest BCUT2D eigenvalue weighted by Gasteiger charge is -2.21. The van der Waals surface area contributed by atoms with Gasteiger partial charge in [0.05, 0.1) is 4.90 Å². The molecule has 0 fully saturated rings. The predicted octanol–water partition coefficient (Wildman–Crippen LogP) is 5.21. The Morgan fingerprint density at radius 3 is 1.97 bits per heavy atom. The van der Waals surface area contributed by atoms with Crippen LogP contribution in [0.15, 0.2) is 90.0 Å². The fraction of sp³-hybridized carbons (Fsp3) is 0.200. The summed E-state index contributed by atoms with van der Waals surface area (Å²) in [6.45, 7) is 8.07. The number of nitrogens with zero attached hydrogens (tertiary/aromatic N) is 1. The SMILES string of the molecule is CCN(CC)c1ccc(/C(=C/NS(=O)(=O)c2ccc(C)cc2)c2ccccc2)cc1. The fourth-order valence-corrected chi connectivity index (χ4v) is 4.22. The molecule has 0 unspecified atom stereocenters. The first-order valence-corrected chi connectivity index (χ1v) is 11.6. The van der Waals surface area contributed by atoms with Crippen molar-refractivity contribution >= 4 is 21.3 Å². The third-order valence-electron chi connectivity index (χ3n) is 5.08. The molecule has 3 aromatic carbocycles. The van der Waals surface area contributed by atoms with Gasteiger partial charge in [-0.3, -0.25) is 4.72 Å². The van der Waals surface area contributed by atoms with Crippen molar-refractivity contribution in [1.82, 2.24) is 4.72 Å². The molecule has 0 aromatic heterocycles. The van der Waals surface area contributed by atoms with Crippen LogP contribution in [0.2, 0.25) is 0 Å². The minimum atomic E-state index is -3.65. The van der Waals surface area contributed by atoms with Crippen molar-refractivity contribution < 1.29 is 8.42 Å². The lowest BCUT2D eigenvalue weighted by Crippen LogP contribution is -2.21. The Bertz CT molecular complexity index is 1080. The van der Waals surface area contributed by atoms with E-state index in [1.165, 1.54) is 0 Å². The largest absolute Gasteiger partial charge is 0.372 e. The first kappa shape index (κ1) is 21.7. The van der Waals surface area contributed by atoms with E-state index >= 15 is 0 Å². The van der Waals surface area contributed by atoms with E-state index in [2.05, 4.69) is 35.6 Å². The number of sulfonamides is 1. The maximum Gasteiger partial charge on any atom is 0.261 e. The van der Waals surface area contributed by atoms with E-state index in [0.717, 1.165) is 41.0 Å². The second-order valence-corrected chi connectivity index (χ2v) is 8.79. The molecule has 156 valence electrons. The van der Waals surface area contributed by atoms with Crippen LogP contribution in [0.4, 0.5) is 5.69 Å². The highest BCUT2D eigenvalue weighted by atomic mass is 32.2.